The highest BCUT2D eigenvalue weighted by atomic mass is 32.2. The summed E-state index contributed by atoms with van der Waals surface area (Å²) in [5.74, 6) is 5.00. The summed E-state index contributed by atoms with van der Waals surface area (Å²) in [6.07, 6.45) is 12.4. The predicted octanol–water partition coefficient (Wildman–Crippen LogP) is 16.3. The van der Waals surface area contributed by atoms with Gasteiger partial charge in [-0.15, -0.1) is 0 Å². The van der Waals surface area contributed by atoms with E-state index in [1.165, 1.54) is 24.0 Å². The van der Waals surface area contributed by atoms with E-state index in [2.05, 4.69) is 124 Å². The zero-order valence-electron chi connectivity index (χ0n) is 54.9. The summed E-state index contributed by atoms with van der Waals surface area (Å²) in [5, 5.41) is 21.5. The molecule has 21 nitrogen and oxygen atoms in total. The summed E-state index contributed by atoms with van der Waals surface area (Å²) >= 11 is 0. The third-order valence-corrected chi connectivity index (χ3v) is 20.6. The first-order valence-corrected chi connectivity index (χ1v) is 34.0. The zero-order chi connectivity index (χ0) is 66.7. The second-order valence-electron chi connectivity index (χ2n) is 25.7. The average Bonchev–Trinajstić information content (AvgIpc) is 1.53. The summed E-state index contributed by atoms with van der Waals surface area (Å²) in [5.41, 5.74) is 27.1. The first-order chi connectivity index (χ1) is 46.9. The summed E-state index contributed by atoms with van der Waals surface area (Å²) in [4.78, 5) is 46.0. The topological polar surface area (TPSA) is 283 Å². The molecule has 1 aliphatic heterocycles. The molecule has 2 aliphatic carbocycles. The highest BCUT2D eigenvalue weighted by Gasteiger charge is 2.37. The third kappa shape index (κ3) is 11.0. The number of anilines is 2. The van der Waals surface area contributed by atoms with Crippen LogP contribution in [0.15, 0.2) is 141 Å². The van der Waals surface area contributed by atoms with Gasteiger partial charge in [0.05, 0.1) is 78.2 Å². The van der Waals surface area contributed by atoms with Crippen molar-refractivity contribution in [2.45, 2.75) is 105 Å². The highest BCUT2D eigenvalue weighted by Crippen LogP contribution is 2.46. The van der Waals surface area contributed by atoms with Crippen LogP contribution in [0.2, 0.25) is 0 Å². The molecule has 484 valence electrons. The van der Waals surface area contributed by atoms with Gasteiger partial charge in [0.2, 0.25) is 21.9 Å². The van der Waals surface area contributed by atoms with Gasteiger partial charge in [-0.2, -0.15) is 5.10 Å². The van der Waals surface area contributed by atoms with Gasteiger partial charge in [0.1, 0.15) is 28.9 Å². The van der Waals surface area contributed by atoms with E-state index in [0.29, 0.717) is 36.5 Å². The zero-order valence-corrected chi connectivity index (χ0v) is 55.7. The van der Waals surface area contributed by atoms with E-state index in [-0.39, 0.29) is 17.1 Å². The SMILES string of the molecule is Cc1ccc2ncccc2c1-c1cc(-c2c(C)noc2C)cc2[nH]c(-c3cnn(C)c3)nc12.Cc1ccc2ncccc2c1-c1cc(-c2c(C)noc2C)cc2[nH]c(NS(=O)(=O)C3CC3)nc12.Cc1noc(C)c1-c1cc(-c2cccc3c2CCC(=O)N3)c2nc(C3CC3)[nH]c2c1. The molecule has 0 unspecified atom stereocenters. The van der Waals surface area contributed by atoms with Crippen molar-refractivity contribution >= 4 is 82.5 Å². The van der Waals surface area contributed by atoms with Crippen LogP contribution in [0, 0.1) is 55.4 Å². The Bertz CT molecular complexity index is 5760. The van der Waals surface area contributed by atoms with Crippen molar-refractivity contribution < 1.29 is 26.8 Å². The van der Waals surface area contributed by atoms with E-state index >= 15 is 0 Å². The number of nitrogens with one attached hydrogen (secondary N) is 5. The van der Waals surface area contributed by atoms with Gasteiger partial charge in [0.15, 0.2) is 0 Å². The second kappa shape index (κ2) is 23.5. The first kappa shape index (κ1) is 60.5. The lowest BCUT2D eigenvalue weighted by atomic mass is 9.90. The van der Waals surface area contributed by atoms with Crippen molar-refractivity contribution in [3.63, 3.8) is 0 Å². The molecular weight excluding hydrogens is 1240 g/mol. The molecule has 18 rings (SSSR count). The normalized spacial score (nSPS) is 13.9. The van der Waals surface area contributed by atoms with Crippen LogP contribution in [-0.4, -0.2) is 84.7 Å². The van der Waals surface area contributed by atoms with Gasteiger partial charge in [-0.3, -0.25) is 24.2 Å². The molecule has 9 aromatic heterocycles. The number of aryl methyl sites for hydroxylation is 9. The molecule has 10 heterocycles. The second-order valence-corrected chi connectivity index (χ2v) is 27.7. The van der Waals surface area contributed by atoms with Crippen LogP contribution in [0.3, 0.4) is 0 Å². The number of amides is 1. The lowest BCUT2D eigenvalue weighted by Gasteiger charge is -2.20. The molecule has 5 N–H and O–H groups in total. The molecule has 0 radical (unpaired) electrons. The number of sulfonamides is 1. The predicted molar refractivity (Wildman–Crippen MR) is 376 cm³/mol. The maximum atomic E-state index is 12.6. The quantitative estimate of drug-likeness (QED) is 0.0805. The van der Waals surface area contributed by atoms with Crippen LogP contribution in [0.4, 0.5) is 11.6 Å². The summed E-state index contributed by atoms with van der Waals surface area (Å²) in [6.45, 7) is 15.8. The minimum Gasteiger partial charge on any atom is -0.361 e. The number of hydrogen-bond acceptors (Lipinski definition) is 15. The van der Waals surface area contributed by atoms with Crippen molar-refractivity contribution in [1.82, 2.24) is 65.1 Å². The Morgan fingerprint density at radius 1 is 0.536 bits per heavy atom. The monoisotopic (exact) mass is 1310 g/mol. The lowest BCUT2D eigenvalue weighted by Crippen LogP contribution is -2.19. The molecule has 1 amide bonds. The smallest absolute Gasteiger partial charge is 0.237 e. The lowest BCUT2D eigenvalue weighted by molar-refractivity contribution is -0.116. The van der Waals surface area contributed by atoms with E-state index in [9.17, 15) is 13.2 Å². The van der Waals surface area contributed by atoms with Crippen LogP contribution >= 0.6 is 0 Å². The molecule has 97 heavy (non-hydrogen) atoms. The number of pyridine rings is 2. The Hall–Kier alpha value is -11.4. The van der Waals surface area contributed by atoms with Crippen LogP contribution in [-0.2, 0) is 28.3 Å². The summed E-state index contributed by atoms with van der Waals surface area (Å²) < 4.78 is 45.9. The number of carbonyl (C=O) groups excluding carboxylic acids is 1. The Morgan fingerprint density at radius 2 is 1.07 bits per heavy atom. The molecule has 3 aliphatic rings. The van der Waals surface area contributed by atoms with Crippen LogP contribution < -0.4 is 10.0 Å². The number of benzene rings is 6. The van der Waals surface area contributed by atoms with Gasteiger partial charge in [0.25, 0.3) is 0 Å². The third-order valence-electron chi connectivity index (χ3n) is 18.8. The number of nitrogens with zero attached hydrogens (tertiary/aromatic N) is 10. The van der Waals surface area contributed by atoms with Gasteiger partial charge in [-0.25, -0.2) is 23.4 Å². The Balaban J connectivity index is 0.000000114. The van der Waals surface area contributed by atoms with Crippen LogP contribution in [0.5, 0.6) is 0 Å². The van der Waals surface area contributed by atoms with Gasteiger partial charge < -0.3 is 33.8 Å². The number of imidazole rings is 3. The molecule has 0 spiro atoms. The molecule has 0 atom stereocenters. The number of rotatable bonds is 11. The summed E-state index contributed by atoms with van der Waals surface area (Å²) in [7, 11) is -1.55. The van der Waals surface area contributed by atoms with Crippen molar-refractivity contribution in [3.05, 3.63) is 185 Å². The van der Waals surface area contributed by atoms with Crippen molar-refractivity contribution in [2.24, 2.45) is 7.05 Å². The van der Waals surface area contributed by atoms with Gasteiger partial charge in [-0.1, -0.05) is 51.9 Å². The number of fused-ring (bicyclic) bond motifs is 6. The van der Waals surface area contributed by atoms with Gasteiger partial charge in [0, 0.05) is 87.8 Å². The molecular formula is C75H67N15O6S. The van der Waals surface area contributed by atoms with Crippen LogP contribution in [0.25, 0.3) is 133 Å². The van der Waals surface area contributed by atoms with Gasteiger partial charge >= 0.3 is 0 Å². The van der Waals surface area contributed by atoms with Crippen molar-refractivity contribution in [2.75, 3.05) is 10.0 Å². The minimum absolute atomic E-state index is 0.0741. The maximum Gasteiger partial charge on any atom is 0.237 e. The molecule has 2 fully saturated rings. The van der Waals surface area contributed by atoms with Crippen molar-refractivity contribution in [3.8, 4) is 78.1 Å². The molecule has 22 heteroatoms. The Morgan fingerprint density at radius 3 is 1.60 bits per heavy atom. The summed E-state index contributed by atoms with van der Waals surface area (Å²) in [6, 6.07) is 35.1. The number of hydrogen-bond donors (Lipinski definition) is 5. The molecule has 0 saturated heterocycles. The Labute approximate surface area is 556 Å². The fourth-order valence-corrected chi connectivity index (χ4v) is 15.2. The number of aromatic amines is 3. The fourth-order valence-electron chi connectivity index (χ4n) is 13.9. The average molecular weight is 1310 g/mol. The van der Waals surface area contributed by atoms with E-state index in [1.807, 2.05) is 116 Å². The largest absolute Gasteiger partial charge is 0.361 e. The molecule has 2 saturated carbocycles. The first-order valence-electron chi connectivity index (χ1n) is 32.4. The number of H-pyrrole nitrogens is 3. The van der Waals surface area contributed by atoms with E-state index in [0.717, 1.165) is 180 Å². The van der Waals surface area contributed by atoms with Crippen molar-refractivity contribution in [1.29, 1.82) is 0 Å². The highest BCUT2D eigenvalue weighted by molar-refractivity contribution is 7.93. The minimum atomic E-state index is -3.45. The molecule has 0 bridgehead atoms. The van der Waals surface area contributed by atoms with E-state index in [4.69, 9.17) is 28.5 Å². The van der Waals surface area contributed by atoms with Gasteiger partial charge in [-0.05, 0) is 204 Å². The molecule has 15 aromatic rings. The Kier molecular flexibility index (Phi) is 14.7. The molecule has 6 aromatic carbocycles. The maximum absolute atomic E-state index is 12.6. The number of aromatic nitrogens is 13. The standard InChI is InChI=1S/C26H22N6O.C25H23N5O3S.C24H22N4O2/c1-14-7-8-21-19(6-5-9-27-21)23(14)20-10-17(24-15(2)31-33-16(24)3)11-22-25(20)30-26(29-22)18-12-28-32(4)13-18;1-13-6-9-20-18(5-4-10-26-20)22(13)19-11-16(23-14(2)29-33-15(23)3)12-21-24(19)28-25(27-21)30-34(31,32)17-7-8-17;1-12-22(13(2)30-28-12)15-10-18(23-20(11-15)26-24(27-23)14-6-7-14)16-4-3-5-19-17(16)8-9-21(29)25-19/h5-13H,1-4H3,(H,29,30);4-6,9-12,17H,7-8H2,1-3H3,(H2,27,28,30);3-5,10-11,14H,6-9H2,1-2H3,(H,25,29)(H,26,27). The fraction of sp³-hybridized carbons (Fsp3) is 0.227. The van der Waals surface area contributed by atoms with E-state index in [1.54, 1.807) is 10.9 Å². The van der Waals surface area contributed by atoms with Crippen LogP contribution in [0.1, 0.15) is 94.9 Å². The van der Waals surface area contributed by atoms with E-state index < -0.39 is 10.0 Å². The number of carbonyl (C=O) groups is 1.